The van der Waals surface area contributed by atoms with Crippen LogP contribution < -0.4 is 4.90 Å². The Hall–Kier alpha value is -3.63. The number of alkyl halides is 3. The first kappa shape index (κ1) is 28.6. The molecule has 3 rings (SSSR count). The molecule has 0 spiro atoms. The van der Waals surface area contributed by atoms with Gasteiger partial charge in [0.25, 0.3) is 0 Å². The lowest BCUT2D eigenvalue weighted by Gasteiger charge is -2.34. The summed E-state index contributed by atoms with van der Waals surface area (Å²) in [7, 11) is 2.10. The zero-order chi connectivity index (χ0) is 26.9. The summed E-state index contributed by atoms with van der Waals surface area (Å²) in [6.45, 7) is 3.77. The van der Waals surface area contributed by atoms with Crippen molar-refractivity contribution in [2.45, 2.75) is 6.18 Å². The van der Waals surface area contributed by atoms with Crippen molar-refractivity contribution in [1.29, 1.82) is 0 Å². The predicted molar refractivity (Wildman–Crippen MR) is 131 cm³/mol. The van der Waals surface area contributed by atoms with Crippen LogP contribution in [0.25, 0.3) is 12.2 Å². The molecule has 1 saturated heterocycles. The van der Waals surface area contributed by atoms with E-state index in [-0.39, 0.29) is 5.78 Å². The molecule has 2 N–H and O–H groups in total. The summed E-state index contributed by atoms with van der Waals surface area (Å²) in [5.41, 5.74) is 3.16. The minimum atomic E-state index is -5.08. The monoisotopic (exact) mass is 524 g/mol. The van der Waals surface area contributed by atoms with Gasteiger partial charge >= 0.3 is 18.1 Å². The zero-order valence-electron chi connectivity index (χ0n) is 19.2. The number of anilines is 1. The number of halogens is 4. The first-order valence-corrected chi connectivity index (χ1v) is 11.0. The molecule has 0 atom stereocenters. The van der Waals surface area contributed by atoms with Crippen LogP contribution in [0.15, 0.2) is 54.6 Å². The number of aliphatic carboxylic acids is 2. The van der Waals surface area contributed by atoms with Crippen molar-refractivity contribution < 1.29 is 37.8 Å². The lowest BCUT2D eigenvalue weighted by Crippen LogP contribution is -2.44. The molecule has 1 fully saturated rings. The minimum Gasteiger partial charge on any atom is -0.478 e. The third kappa shape index (κ3) is 9.55. The maximum absolute atomic E-state index is 12.7. The largest absolute Gasteiger partial charge is 0.490 e. The Balaban J connectivity index is 0.000000572. The van der Waals surface area contributed by atoms with E-state index in [1.807, 2.05) is 24.3 Å². The number of carboxylic acid groups (broad SMARTS) is 2. The number of hydrogen-bond acceptors (Lipinski definition) is 5. The number of piperazine rings is 1. The number of allylic oxidation sites excluding steroid dienone is 1. The molecule has 11 heteroatoms. The molecule has 0 aromatic heterocycles. The Morgan fingerprint density at radius 1 is 0.889 bits per heavy atom. The molecular formula is C25H24ClF3N2O5. The van der Waals surface area contributed by atoms with Crippen molar-refractivity contribution in [2.75, 3.05) is 38.1 Å². The normalized spacial score (nSPS) is 14.5. The van der Waals surface area contributed by atoms with E-state index in [4.69, 9.17) is 26.6 Å². The van der Waals surface area contributed by atoms with E-state index < -0.39 is 18.1 Å². The van der Waals surface area contributed by atoms with Gasteiger partial charge < -0.3 is 20.0 Å². The van der Waals surface area contributed by atoms with E-state index in [0.717, 1.165) is 49.1 Å². The van der Waals surface area contributed by atoms with Crippen LogP contribution in [-0.4, -0.2) is 72.2 Å². The van der Waals surface area contributed by atoms with Crippen LogP contribution in [0.1, 0.15) is 21.5 Å². The van der Waals surface area contributed by atoms with Crippen LogP contribution in [0, 0.1) is 0 Å². The van der Waals surface area contributed by atoms with E-state index in [0.29, 0.717) is 10.6 Å². The molecular weight excluding hydrogens is 501 g/mol. The molecule has 0 bridgehead atoms. The fraction of sp³-hybridized carbons (Fsp3) is 0.240. The average molecular weight is 525 g/mol. The van der Waals surface area contributed by atoms with Crippen LogP contribution in [0.4, 0.5) is 18.9 Å². The number of carbonyl (C=O) groups is 3. The second kappa shape index (κ2) is 12.9. The summed E-state index contributed by atoms with van der Waals surface area (Å²) in [5.74, 6) is -3.86. The third-order valence-corrected chi connectivity index (χ3v) is 5.28. The summed E-state index contributed by atoms with van der Waals surface area (Å²) in [6, 6.07) is 12.7. The van der Waals surface area contributed by atoms with Crippen molar-refractivity contribution in [3.8, 4) is 0 Å². The van der Waals surface area contributed by atoms with Gasteiger partial charge in [-0.2, -0.15) is 13.2 Å². The molecule has 0 radical (unpaired) electrons. The van der Waals surface area contributed by atoms with Crippen molar-refractivity contribution in [2.24, 2.45) is 0 Å². The fourth-order valence-electron chi connectivity index (χ4n) is 3.12. The maximum Gasteiger partial charge on any atom is 0.490 e. The van der Waals surface area contributed by atoms with Gasteiger partial charge in [-0.25, -0.2) is 9.59 Å². The van der Waals surface area contributed by atoms with Gasteiger partial charge in [-0.15, -0.1) is 0 Å². The number of carboxylic acids is 2. The van der Waals surface area contributed by atoms with Crippen molar-refractivity contribution in [3.63, 3.8) is 0 Å². The quantitative estimate of drug-likeness (QED) is 0.417. The van der Waals surface area contributed by atoms with Crippen LogP contribution in [0.2, 0.25) is 5.02 Å². The second-order valence-corrected chi connectivity index (χ2v) is 8.26. The molecule has 1 aliphatic rings. The highest BCUT2D eigenvalue weighted by molar-refractivity contribution is 6.31. The number of rotatable bonds is 6. The Bertz CT molecular complexity index is 1140. The Morgan fingerprint density at radius 2 is 1.39 bits per heavy atom. The summed E-state index contributed by atoms with van der Waals surface area (Å²) in [4.78, 5) is 36.6. The van der Waals surface area contributed by atoms with Gasteiger partial charge in [0.05, 0.1) is 0 Å². The van der Waals surface area contributed by atoms with Gasteiger partial charge in [-0.1, -0.05) is 41.9 Å². The molecule has 36 heavy (non-hydrogen) atoms. The molecule has 0 saturated carbocycles. The third-order valence-electron chi connectivity index (χ3n) is 5.06. The fourth-order valence-corrected chi connectivity index (χ4v) is 3.35. The average Bonchev–Trinajstić information content (AvgIpc) is 2.81. The van der Waals surface area contributed by atoms with Gasteiger partial charge in [0.15, 0.2) is 5.78 Å². The molecule has 0 unspecified atom stereocenters. The maximum atomic E-state index is 12.7. The highest BCUT2D eigenvalue weighted by atomic mass is 35.5. The Kier molecular flexibility index (Phi) is 10.2. The van der Waals surface area contributed by atoms with Crippen LogP contribution in [-0.2, 0) is 9.59 Å². The summed E-state index contributed by atoms with van der Waals surface area (Å²) in [5, 5.41) is 16.3. The summed E-state index contributed by atoms with van der Waals surface area (Å²) < 4.78 is 31.7. The van der Waals surface area contributed by atoms with Crippen molar-refractivity contribution in [3.05, 3.63) is 76.3 Å². The van der Waals surface area contributed by atoms with E-state index in [1.165, 1.54) is 12.2 Å². The highest BCUT2D eigenvalue weighted by Gasteiger charge is 2.38. The summed E-state index contributed by atoms with van der Waals surface area (Å²) in [6.07, 6.45) is 0.795. The SMILES string of the molecule is CN1CCN(c2cc(Cl)cc(C(=O)/C=C/c3ccc(/C=C/C(=O)O)cc3)c2)CC1.O=C(O)C(F)(F)F. The molecule has 192 valence electrons. The predicted octanol–water partition coefficient (Wildman–Crippen LogP) is 4.72. The van der Waals surface area contributed by atoms with Gasteiger partial charge in [0.2, 0.25) is 0 Å². The molecule has 1 heterocycles. The molecule has 1 aliphatic heterocycles. The smallest absolute Gasteiger partial charge is 0.478 e. The van der Waals surface area contributed by atoms with Crippen LogP contribution in [0.5, 0.6) is 0 Å². The van der Waals surface area contributed by atoms with Gasteiger partial charge in [-0.3, -0.25) is 4.79 Å². The van der Waals surface area contributed by atoms with E-state index in [1.54, 1.807) is 24.3 Å². The number of ketones is 1. The molecule has 0 amide bonds. The first-order valence-electron chi connectivity index (χ1n) is 10.6. The van der Waals surface area contributed by atoms with Crippen molar-refractivity contribution in [1.82, 2.24) is 4.90 Å². The molecule has 0 aliphatic carbocycles. The Labute approximate surface area is 210 Å². The second-order valence-electron chi connectivity index (χ2n) is 7.83. The number of hydrogen-bond donors (Lipinski definition) is 2. The standard InChI is InChI=1S/C23H23ClN2O3.C2HF3O2/c1-25-10-12-26(13-11-25)21-15-19(14-20(24)16-21)22(27)8-6-17-2-4-18(5-3-17)7-9-23(28)29;3-2(4,5)1(6)7/h2-9,14-16H,10-13H2,1H3,(H,28,29);(H,6,7)/b8-6+,9-7+;. The van der Waals surface area contributed by atoms with Gasteiger partial charge in [0.1, 0.15) is 0 Å². The van der Waals surface area contributed by atoms with Gasteiger partial charge in [-0.05, 0) is 48.5 Å². The number of nitrogens with zero attached hydrogens (tertiary/aromatic N) is 2. The van der Waals surface area contributed by atoms with Crippen LogP contribution in [0.3, 0.4) is 0 Å². The lowest BCUT2D eigenvalue weighted by molar-refractivity contribution is -0.192. The van der Waals surface area contributed by atoms with E-state index in [2.05, 4.69) is 16.8 Å². The molecule has 7 nitrogen and oxygen atoms in total. The topological polar surface area (TPSA) is 98.2 Å². The first-order chi connectivity index (χ1) is 16.8. The zero-order valence-corrected chi connectivity index (χ0v) is 20.0. The molecule has 2 aromatic carbocycles. The lowest BCUT2D eigenvalue weighted by atomic mass is 10.1. The van der Waals surface area contributed by atoms with E-state index in [9.17, 15) is 22.8 Å². The Morgan fingerprint density at radius 3 is 1.86 bits per heavy atom. The van der Waals surface area contributed by atoms with Crippen LogP contribution >= 0.6 is 11.6 Å². The summed E-state index contributed by atoms with van der Waals surface area (Å²) >= 11 is 6.27. The van der Waals surface area contributed by atoms with Gasteiger partial charge in [0, 0.05) is 48.5 Å². The van der Waals surface area contributed by atoms with E-state index >= 15 is 0 Å². The van der Waals surface area contributed by atoms with Crippen molar-refractivity contribution >= 4 is 47.2 Å². The highest BCUT2D eigenvalue weighted by Crippen LogP contribution is 2.24. The number of benzene rings is 2. The number of carbonyl (C=O) groups excluding carboxylic acids is 1. The number of likely N-dealkylation sites (N-methyl/N-ethyl adjacent to an activating group) is 1. The molecule has 2 aromatic rings. The minimum absolute atomic E-state index is 0.113.